The molecular formula is C12H16F3NO8. The first-order chi connectivity index (χ1) is 11.0. The van der Waals surface area contributed by atoms with Gasteiger partial charge in [-0.3, -0.25) is 14.4 Å². The third kappa shape index (κ3) is 5.04. The van der Waals surface area contributed by atoms with E-state index >= 15 is 0 Å². The number of ether oxygens (including phenoxy) is 3. The summed E-state index contributed by atoms with van der Waals surface area (Å²) in [5.41, 5.74) is 0. The third-order valence-electron chi connectivity index (χ3n) is 3.00. The number of esters is 2. The smallest absolute Gasteiger partial charge is 0.456 e. The largest absolute Gasteiger partial charge is 0.471 e. The summed E-state index contributed by atoms with van der Waals surface area (Å²) in [6, 6.07) is -1.88. The van der Waals surface area contributed by atoms with Crippen molar-refractivity contribution < 1.29 is 52.0 Å². The van der Waals surface area contributed by atoms with Crippen LogP contribution >= 0.6 is 0 Å². The predicted molar refractivity (Wildman–Crippen MR) is 67.1 cm³/mol. The van der Waals surface area contributed by atoms with Crippen LogP contribution in [0.1, 0.15) is 13.8 Å². The van der Waals surface area contributed by atoms with Gasteiger partial charge < -0.3 is 29.7 Å². The highest BCUT2D eigenvalue weighted by Crippen LogP contribution is 2.26. The Morgan fingerprint density at radius 3 is 2.04 bits per heavy atom. The molecule has 1 rings (SSSR count). The Morgan fingerprint density at radius 2 is 1.62 bits per heavy atom. The number of carbonyl (C=O) groups excluding carboxylic acids is 3. The van der Waals surface area contributed by atoms with Crippen LogP contribution in [0.25, 0.3) is 0 Å². The van der Waals surface area contributed by atoms with Crippen LogP contribution < -0.4 is 5.32 Å². The van der Waals surface area contributed by atoms with Crippen LogP contribution in [0.4, 0.5) is 13.2 Å². The van der Waals surface area contributed by atoms with Crippen molar-refractivity contribution in [1.82, 2.24) is 5.32 Å². The Bertz CT molecular complexity index is 497. The van der Waals surface area contributed by atoms with E-state index in [1.165, 1.54) is 5.32 Å². The van der Waals surface area contributed by atoms with Gasteiger partial charge in [-0.05, 0) is 0 Å². The lowest BCUT2D eigenvalue weighted by atomic mass is 9.96. The molecule has 1 amide bonds. The number of alkyl halides is 3. The summed E-state index contributed by atoms with van der Waals surface area (Å²) >= 11 is 0. The average Bonchev–Trinajstić information content (AvgIpc) is 2.43. The fourth-order valence-electron chi connectivity index (χ4n) is 2.12. The van der Waals surface area contributed by atoms with E-state index in [9.17, 15) is 37.8 Å². The summed E-state index contributed by atoms with van der Waals surface area (Å²) in [5, 5.41) is 20.4. The van der Waals surface area contributed by atoms with E-state index in [0.29, 0.717) is 0 Å². The number of aliphatic hydroxyl groups excluding tert-OH is 2. The lowest BCUT2D eigenvalue weighted by molar-refractivity contribution is -0.265. The standard InChI is InChI=1S/C12H16F3NO8/c1-4(18)22-8-6(3-17)24-10(20)7(9(8)23-5(2)19)16-11(21)12(13,14)15/h6-10,17,20H,3H2,1-2H3,(H,16,21)/t6-,7-,8-,9-,10-/m1/s1. The monoisotopic (exact) mass is 359 g/mol. The van der Waals surface area contributed by atoms with Crippen LogP contribution in [0.15, 0.2) is 0 Å². The van der Waals surface area contributed by atoms with Gasteiger partial charge in [0.2, 0.25) is 0 Å². The van der Waals surface area contributed by atoms with Crippen LogP contribution in [0.3, 0.4) is 0 Å². The maximum Gasteiger partial charge on any atom is 0.471 e. The van der Waals surface area contributed by atoms with Crippen molar-refractivity contribution >= 4 is 17.8 Å². The lowest BCUT2D eigenvalue weighted by Crippen LogP contribution is -2.67. The fraction of sp³-hybridized carbons (Fsp3) is 0.750. The molecule has 3 N–H and O–H groups in total. The number of nitrogens with one attached hydrogen (secondary N) is 1. The van der Waals surface area contributed by atoms with E-state index < -0.39 is 61.3 Å². The van der Waals surface area contributed by atoms with Gasteiger partial charge in [0.15, 0.2) is 18.5 Å². The molecule has 12 heteroatoms. The molecular weight excluding hydrogens is 343 g/mol. The zero-order chi connectivity index (χ0) is 18.7. The summed E-state index contributed by atoms with van der Waals surface area (Å²) in [5.74, 6) is -4.30. The van der Waals surface area contributed by atoms with Crippen molar-refractivity contribution in [3.05, 3.63) is 0 Å². The van der Waals surface area contributed by atoms with Crippen LogP contribution in [0.2, 0.25) is 0 Å². The minimum atomic E-state index is -5.27. The van der Waals surface area contributed by atoms with Gasteiger partial charge >= 0.3 is 24.0 Å². The Hall–Kier alpha value is -1.92. The van der Waals surface area contributed by atoms with Gasteiger partial charge in [0.1, 0.15) is 12.1 Å². The van der Waals surface area contributed by atoms with Gasteiger partial charge in [-0.15, -0.1) is 0 Å². The fourth-order valence-corrected chi connectivity index (χ4v) is 2.12. The van der Waals surface area contributed by atoms with Crippen molar-refractivity contribution in [2.24, 2.45) is 0 Å². The average molecular weight is 359 g/mol. The molecule has 1 aliphatic heterocycles. The summed E-state index contributed by atoms with van der Waals surface area (Å²) in [4.78, 5) is 33.4. The second kappa shape index (κ2) is 7.77. The molecule has 0 radical (unpaired) electrons. The highest BCUT2D eigenvalue weighted by atomic mass is 19.4. The van der Waals surface area contributed by atoms with Crippen molar-refractivity contribution in [3.63, 3.8) is 0 Å². The number of amides is 1. The highest BCUT2D eigenvalue weighted by molar-refractivity contribution is 5.82. The van der Waals surface area contributed by atoms with E-state index in [1.807, 2.05) is 0 Å². The van der Waals surface area contributed by atoms with Gasteiger partial charge in [0.05, 0.1) is 6.61 Å². The molecule has 0 unspecified atom stereocenters. The molecule has 0 spiro atoms. The van der Waals surface area contributed by atoms with Gasteiger partial charge in [-0.25, -0.2) is 0 Å². The first kappa shape index (κ1) is 20.1. The topological polar surface area (TPSA) is 131 Å². The molecule has 5 atom stereocenters. The second-order valence-corrected chi connectivity index (χ2v) is 4.89. The molecule has 0 bridgehead atoms. The van der Waals surface area contributed by atoms with E-state index in [2.05, 4.69) is 0 Å². The van der Waals surface area contributed by atoms with Crippen LogP contribution in [0.5, 0.6) is 0 Å². The number of aliphatic hydroxyl groups is 2. The first-order valence-corrected chi connectivity index (χ1v) is 6.64. The maximum atomic E-state index is 12.4. The third-order valence-corrected chi connectivity index (χ3v) is 3.00. The van der Waals surface area contributed by atoms with E-state index in [4.69, 9.17) is 14.2 Å². The molecule has 24 heavy (non-hydrogen) atoms. The zero-order valence-electron chi connectivity index (χ0n) is 12.6. The predicted octanol–water partition coefficient (Wildman–Crippen LogP) is -1.39. The molecule has 1 fully saturated rings. The molecule has 0 aromatic heterocycles. The maximum absolute atomic E-state index is 12.4. The Labute approximate surface area is 133 Å². The quantitative estimate of drug-likeness (QED) is 0.523. The Balaban J connectivity index is 3.14. The minimum absolute atomic E-state index is 0.799. The summed E-state index contributed by atoms with van der Waals surface area (Å²) in [7, 11) is 0. The molecule has 0 aromatic carbocycles. The van der Waals surface area contributed by atoms with Crippen molar-refractivity contribution in [1.29, 1.82) is 0 Å². The Morgan fingerprint density at radius 1 is 1.12 bits per heavy atom. The highest BCUT2D eigenvalue weighted by Gasteiger charge is 2.52. The number of rotatable bonds is 4. The molecule has 9 nitrogen and oxygen atoms in total. The number of hydrogen-bond donors (Lipinski definition) is 3. The van der Waals surface area contributed by atoms with Gasteiger partial charge in [0.25, 0.3) is 0 Å². The first-order valence-electron chi connectivity index (χ1n) is 6.64. The second-order valence-electron chi connectivity index (χ2n) is 4.89. The summed E-state index contributed by atoms with van der Waals surface area (Å²) in [6.45, 7) is 1.09. The van der Waals surface area contributed by atoms with E-state index in [0.717, 1.165) is 13.8 Å². The van der Waals surface area contributed by atoms with Crippen LogP contribution in [0, 0.1) is 0 Å². The van der Waals surface area contributed by atoms with E-state index in [-0.39, 0.29) is 0 Å². The van der Waals surface area contributed by atoms with Crippen molar-refractivity contribution in [3.8, 4) is 0 Å². The zero-order valence-corrected chi connectivity index (χ0v) is 12.6. The molecule has 1 aliphatic rings. The normalized spacial score (nSPS) is 30.4. The number of halogens is 3. The Kier molecular flexibility index (Phi) is 6.51. The lowest BCUT2D eigenvalue weighted by Gasteiger charge is -2.43. The minimum Gasteiger partial charge on any atom is -0.456 e. The molecule has 0 aromatic rings. The van der Waals surface area contributed by atoms with Gasteiger partial charge in [-0.2, -0.15) is 13.2 Å². The SMILES string of the molecule is CC(=O)O[C@@H]1[C@@H](NC(=O)C(F)(F)F)[C@H](O)O[C@H](CO)[C@H]1OC(C)=O. The van der Waals surface area contributed by atoms with E-state index in [1.54, 1.807) is 0 Å². The number of carbonyl (C=O) groups is 3. The van der Waals surface area contributed by atoms with Crippen LogP contribution in [-0.4, -0.2) is 71.5 Å². The molecule has 1 saturated heterocycles. The van der Waals surface area contributed by atoms with Crippen LogP contribution in [-0.2, 0) is 28.6 Å². The molecule has 1 heterocycles. The summed E-state index contributed by atoms with van der Waals surface area (Å²) < 4.78 is 51.6. The van der Waals surface area contributed by atoms with Crippen molar-refractivity contribution in [2.45, 2.75) is 50.7 Å². The van der Waals surface area contributed by atoms with Gasteiger partial charge in [0, 0.05) is 13.8 Å². The van der Waals surface area contributed by atoms with Crippen molar-refractivity contribution in [2.75, 3.05) is 6.61 Å². The number of hydrogen-bond acceptors (Lipinski definition) is 8. The summed E-state index contributed by atoms with van der Waals surface area (Å²) in [6.07, 6.45) is -12.0. The molecule has 0 saturated carbocycles. The molecule has 138 valence electrons. The molecule has 0 aliphatic carbocycles. The van der Waals surface area contributed by atoms with Gasteiger partial charge in [-0.1, -0.05) is 0 Å².